The van der Waals surface area contributed by atoms with Gasteiger partial charge in [-0.05, 0) is 25.1 Å². The number of nitrogens with one attached hydrogen (secondary N) is 1. The van der Waals surface area contributed by atoms with Gasteiger partial charge in [0.15, 0.2) is 0 Å². The number of hydrogen-bond donors (Lipinski definition) is 2. The smallest absolute Gasteiger partial charge is 0.269 e. The average Bonchev–Trinajstić information content (AvgIpc) is 2.53. The minimum Gasteiger partial charge on any atom is -0.387 e. The zero-order valence-electron chi connectivity index (χ0n) is 11.9. The third-order valence-corrected chi connectivity index (χ3v) is 3.12. The van der Waals surface area contributed by atoms with E-state index >= 15 is 0 Å². The van der Waals surface area contributed by atoms with E-state index in [9.17, 15) is 20.0 Å². The van der Waals surface area contributed by atoms with Gasteiger partial charge in [-0.15, -0.1) is 0 Å². The first-order valence-corrected chi connectivity index (χ1v) is 6.60. The highest BCUT2D eigenvalue weighted by atomic mass is 16.6. The number of amides is 1. The SMILES string of the molecule is Cc1ccc([C@@H](O)CNC(=O)c2ccc([N+](=O)[O-])cc2)cn1. The molecule has 2 aromatic rings. The van der Waals surface area contributed by atoms with Crippen LogP contribution in [0.1, 0.15) is 27.7 Å². The summed E-state index contributed by atoms with van der Waals surface area (Å²) in [6.07, 6.45) is 0.688. The number of non-ortho nitro benzene ring substituents is 1. The second-order valence-electron chi connectivity index (χ2n) is 4.76. The number of aliphatic hydroxyl groups is 1. The standard InChI is InChI=1S/C15H15N3O4/c1-10-2-3-12(8-16-10)14(19)9-17-15(20)11-4-6-13(7-5-11)18(21)22/h2-8,14,19H,9H2,1H3,(H,17,20)/t14-/m0/s1. The fourth-order valence-electron chi connectivity index (χ4n) is 1.82. The van der Waals surface area contributed by atoms with Crippen molar-refractivity contribution in [1.29, 1.82) is 0 Å². The largest absolute Gasteiger partial charge is 0.387 e. The summed E-state index contributed by atoms with van der Waals surface area (Å²) in [7, 11) is 0. The average molecular weight is 301 g/mol. The molecule has 0 aliphatic heterocycles. The quantitative estimate of drug-likeness (QED) is 0.646. The summed E-state index contributed by atoms with van der Waals surface area (Å²) in [5.74, 6) is -0.408. The number of aliphatic hydroxyl groups excluding tert-OH is 1. The van der Waals surface area contributed by atoms with Gasteiger partial charge in [-0.1, -0.05) is 6.07 Å². The second kappa shape index (κ2) is 6.77. The van der Waals surface area contributed by atoms with Gasteiger partial charge in [0.25, 0.3) is 11.6 Å². The van der Waals surface area contributed by atoms with Crippen LogP contribution in [0.15, 0.2) is 42.6 Å². The third kappa shape index (κ3) is 3.86. The summed E-state index contributed by atoms with van der Waals surface area (Å²) >= 11 is 0. The second-order valence-corrected chi connectivity index (χ2v) is 4.76. The number of nitrogens with zero attached hydrogens (tertiary/aromatic N) is 2. The van der Waals surface area contributed by atoms with Crippen LogP contribution in [-0.2, 0) is 0 Å². The Bertz CT molecular complexity index is 668. The lowest BCUT2D eigenvalue weighted by atomic mass is 10.1. The first-order chi connectivity index (χ1) is 10.5. The van der Waals surface area contributed by atoms with E-state index in [-0.39, 0.29) is 12.2 Å². The predicted molar refractivity (Wildman–Crippen MR) is 79.4 cm³/mol. The molecule has 2 rings (SSSR count). The summed E-state index contributed by atoms with van der Waals surface area (Å²) in [6, 6.07) is 8.77. The van der Waals surface area contributed by atoms with Crippen LogP contribution in [0.4, 0.5) is 5.69 Å². The van der Waals surface area contributed by atoms with Crippen molar-refractivity contribution in [3.8, 4) is 0 Å². The molecule has 1 heterocycles. The maximum atomic E-state index is 11.9. The van der Waals surface area contributed by atoms with Crippen molar-refractivity contribution in [2.45, 2.75) is 13.0 Å². The summed E-state index contributed by atoms with van der Waals surface area (Å²) in [5, 5.41) is 23.1. The molecule has 0 bridgehead atoms. The van der Waals surface area contributed by atoms with E-state index in [0.717, 1.165) is 5.69 Å². The Balaban J connectivity index is 1.94. The zero-order chi connectivity index (χ0) is 16.1. The van der Waals surface area contributed by atoms with Gasteiger partial charge in [-0.25, -0.2) is 0 Å². The molecule has 7 heteroatoms. The molecule has 1 amide bonds. The maximum absolute atomic E-state index is 11.9. The predicted octanol–water partition coefficient (Wildman–Crippen LogP) is 1.76. The molecule has 0 unspecified atom stereocenters. The van der Waals surface area contributed by atoms with Crippen LogP contribution in [0.25, 0.3) is 0 Å². The van der Waals surface area contributed by atoms with Crippen molar-refractivity contribution in [2.75, 3.05) is 6.54 Å². The number of nitro benzene ring substituents is 1. The Kier molecular flexibility index (Phi) is 4.80. The lowest BCUT2D eigenvalue weighted by molar-refractivity contribution is -0.384. The Hall–Kier alpha value is -2.80. The third-order valence-electron chi connectivity index (χ3n) is 3.12. The van der Waals surface area contributed by atoms with Crippen molar-refractivity contribution in [1.82, 2.24) is 10.3 Å². The number of carbonyl (C=O) groups excluding carboxylic acids is 1. The van der Waals surface area contributed by atoms with E-state index in [1.807, 2.05) is 6.92 Å². The van der Waals surface area contributed by atoms with E-state index in [1.165, 1.54) is 24.3 Å². The molecule has 7 nitrogen and oxygen atoms in total. The van der Waals surface area contributed by atoms with Crippen molar-refractivity contribution < 1.29 is 14.8 Å². The van der Waals surface area contributed by atoms with E-state index < -0.39 is 16.9 Å². The molecule has 114 valence electrons. The normalized spacial score (nSPS) is 11.7. The fraction of sp³-hybridized carbons (Fsp3) is 0.200. The van der Waals surface area contributed by atoms with Crippen molar-refractivity contribution >= 4 is 11.6 Å². The highest BCUT2D eigenvalue weighted by Crippen LogP contribution is 2.13. The summed E-state index contributed by atoms with van der Waals surface area (Å²) in [5.41, 5.74) is 1.66. The topological polar surface area (TPSA) is 105 Å². The summed E-state index contributed by atoms with van der Waals surface area (Å²) in [4.78, 5) is 26.0. The van der Waals surface area contributed by atoms with Crippen LogP contribution in [-0.4, -0.2) is 27.5 Å². The van der Waals surface area contributed by atoms with Crippen LogP contribution in [0, 0.1) is 17.0 Å². The Morgan fingerprint density at radius 3 is 2.55 bits per heavy atom. The van der Waals surface area contributed by atoms with Crippen LogP contribution < -0.4 is 5.32 Å². The highest BCUT2D eigenvalue weighted by Gasteiger charge is 2.12. The lowest BCUT2D eigenvalue weighted by Gasteiger charge is -2.12. The molecule has 0 radical (unpaired) electrons. The van der Waals surface area contributed by atoms with Gasteiger partial charge in [0.2, 0.25) is 0 Å². The highest BCUT2D eigenvalue weighted by molar-refractivity contribution is 5.94. The van der Waals surface area contributed by atoms with Gasteiger partial charge in [0.05, 0.1) is 11.0 Å². The first-order valence-electron chi connectivity index (χ1n) is 6.60. The Morgan fingerprint density at radius 2 is 2.00 bits per heavy atom. The zero-order valence-corrected chi connectivity index (χ0v) is 11.9. The molecular weight excluding hydrogens is 286 g/mol. The van der Waals surface area contributed by atoms with Gasteiger partial charge >= 0.3 is 0 Å². The number of aromatic nitrogens is 1. The number of hydrogen-bond acceptors (Lipinski definition) is 5. The van der Waals surface area contributed by atoms with Crippen molar-refractivity contribution in [3.05, 3.63) is 69.5 Å². The molecular formula is C15H15N3O4. The minimum absolute atomic E-state index is 0.0283. The van der Waals surface area contributed by atoms with Crippen molar-refractivity contribution in [2.24, 2.45) is 0 Å². The van der Waals surface area contributed by atoms with Crippen LogP contribution >= 0.6 is 0 Å². The number of aryl methyl sites for hydroxylation is 1. The number of nitro groups is 1. The Labute approximate surface area is 126 Å². The number of carbonyl (C=O) groups is 1. The van der Waals surface area contributed by atoms with Crippen LogP contribution in [0.3, 0.4) is 0 Å². The molecule has 0 spiro atoms. The molecule has 22 heavy (non-hydrogen) atoms. The molecule has 0 aliphatic rings. The van der Waals surface area contributed by atoms with Gasteiger partial charge < -0.3 is 10.4 Å². The molecule has 0 fully saturated rings. The molecule has 0 aliphatic carbocycles. The van der Waals surface area contributed by atoms with E-state index in [2.05, 4.69) is 10.3 Å². The monoisotopic (exact) mass is 301 g/mol. The van der Waals surface area contributed by atoms with Crippen molar-refractivity contribution in [3.63, 3.8) is 0 Å². The first kappa shape index (κ1) is 15.6. The Morgan fingerprint density at radius 1 is 1.32 bits per heavy atom. The molecule has 0 saturated carbocycles. The molecule has 1 aromatic carbocycles. The molecule has 2 N–H and O–H groups in total. The van der Waals surface area contributed by atoms with Gasteiger partial charge in [0.1, 0.15) is 0 Å². The van der Waals surface area contributed by atoms with Gasteiger partial charge in [-0.2, -0.15) is 0 Å². The van der Waals surface area contributed by atoms with E-state index in [1.54, 1.807) is 18.3 Å². The molecule has 1 atom stereocenters. The van der Waals surface area contributed by atoms with Gasteiger partial charge in [-0.3, -0.25) is 19.9 Å². The van der Waals surface area contributed by atoms with Crippen LogP contribution in [0.5, 0.6) is 0 Å². The summed E-state index contributed by atoms with van der Waals surface area (Å²) in [6.45, 7) is 1.87. The minimum atomic E-state index is -0.866. The van der Waals surface area contributed by atoms with E-state index in [0.29, 0.717) is 11.1 Å². The lowest BCUT2D eigenvalue weighted by Crippen LogP contribution is -2.28. The van der Waals surface area contributed by atoms with E-state index in [4.69, 9.17) is 0 Å². The number of rotatable bonds is 5. The molecule has 1 aromatic heterocycles. The summed E-state index contributed by atoms with van der Waals surface area (Å²) < 4.78 is 0. The fourth-order valence-corrected chi connectivity index (χ4v) is 1.82. The van der Waals surface area contributed by atoms with Crippen LogP contribution in [0.2, 0.25) is 0 Å². The maximum Gasteiger partial charge on any atom is 0.269 e. The number of benzene rings is 1. The number of pyridine rings is 1. The van der Waals surface area contributed by atoms with Gasteiger partial charge in [0, 0.05) is 41.7 Å². The molecule has 0 saturated heterocycles.